The van der Waals surface area contributed by atoms with Gasteiger partial charge in [0, 0.05) is 11.6 Å². The third-order valence-corrected chi connectivity index (χ3v) is 2.71. The first-order valence-electron chi connectivity index (χ1n) is 5.10. The van der Waals surface area contributed by atoms with Crippen molar-refractivity contribution in [3.63, 3.8) is 0 Å². The second-order valence-corrected chi connectivity index (χ2v) is 3.89. The van der Waals surface area contributed by atoms with Crippen molar-refractivity contribution >= 4 is 11.0 Å². The van der Waals surface area contributed by atoms with Crippen molar-refractivity contribution < 1.29 is 4.52 Å². The summed E-state index contributed by atoms with van der Waals surface area (Å²) in [6.07, 6.45) is 5.49. The number of hydrogen-bond acceptors (Lipinski definition) is 3. The summed E-state index contributed by atoms with van der Waals surface area (Å²) < 4.78 is 7.24. The largest absolute Gasteiger partial charge is 0.354 e. The molecule has 0 bridgehead atoms. The minimum absolute atomic E-state index is 0.803. The highest BCUT2D eigenvalue weighted by Crippen LogP contribution is 2.25. The van der Waals surface area contributed by atoms with Crippen molar-refractivity contribution in [2.45, 2.75) is 13.8 Å². The van der Waals surface area contributed by atoms with Gasteiger partial charge in [0.25, 0.3) is 0 Å². The molecule has 0 aliphatic rings. The van der Waals surface area contributed by atoms with Crippen molar-refractivity contribution in [3.8, 4) is 5.69 Å². The standard InChI is InChI=1S/C12H11N3O/c1-8-3-4-11(12-10(8)5-14-16-12)15-6-9(2)13-7-15/h3-7H,1-2H3. The van der Waals surface area contributed by atoms with Crippen LogP contribution in [0.1, 0.15) is 11.3 Å². The summed E-state index contributed by atoms with van der Waals surface area (Å²) in [5.74, 6) is 0. The molecule has 2 aromatic heterocycles. The molecule has 2 heterocycles. The molecule has 80 valence electrons. The number of aromatic nitrogens is 3. The highest BCUT2D eigenvalue weighted by molar-refractivity contribution is 5.86. The summed E-state index contributed by atoms with van der Waals surface area (Å²) in [5.41, 5.74) is 3.92. The molecule has 0 radical (unpaired) electrons. The van der Waals surface area contributed by atoms with Crippen LogP contribution in [0.5, 0.6) is 0 Å². The lowest BCUT2D eigenvalue weighted by atomic mass is 10.1. The van der Waals surface area contributed by atoms with Gasteiger partial charge in [-0.1, -0.05) is 11.2 Å². The number of fused-ring (bicyclic) bond motifs is 1. The SMILES string of the molecule is Cc1cn(-c2ccc(C)c3cnoc23)cn1. The van der Waals surface area contributed by atoms with E-state index in [4.69, 9.17) is 4.52 Å². The minimum atomic E-state index is 0.803. The number of rotatable bonds is 1. The Morgan fingerprint density at radius 2 is 2.12 bits per heavy atom. The smallest absolute Gasteiger partial charge is 0.191 e. The third kappa shape index (κ3) is 1.23. The first-order valence-corrected chi connectivity index (χ1v) is 5.10. The van der Waals surface area contributed by atoms with Crippen molar-refractivity contribution in [1.82, 2.24) is 14.7 Å². The number of imidazole rings is 1. The number of hydrogen-bond donors (Lipinski definition) is 0. The summed E-state index contributed by atoms with van der Waals surface area (Å²) in [6.45, 7) is 4.00. The van der Waals surface area contributed by atoms with Gasteiger partial charge < -0.3 is 9.09 Å². The van der Waals surface area contributed by atoms with Gasteiger partial charge in [0.05, 0.1) is 23.9 Å². The molecule has 0 aliphatic carbocycles. The molecular formula is C12H11N3O. The topological polar surface area (TPSA) is 43.9 Å². The quantitative estimate of drug-likeness (QED) is 0.624. The Hall–Kier alpha value is -2.10. The summed E-state index contributed by atoms with van der Waals surface area (Å²) >= 11 is 0. The lowest BCUT2D eigenvalue weighted by Crippen LogP contribution is -1.91. The maximum Gasteiger partial charge on any atom is 0.191 e. The lowest BCUT2D eigenvalue weighted by molar-refractivity contribution is 0.455. The van der Waals surface area contributed by atoms with Crippen LogP contribution in [-0.4, -0.2) is 14.7 Å². The molecule has 0 unspecified atom stereocenters. The van der Waals surface area contributed by atoms with Crippen LogP contribution in [-0.2, 0) is 0 Å². The van der Waals surface area contributed by atoms with Crippen LogP contribution in [0, 0.1) is 13.8 Å². The van der Waals surface area contributed by atoms with Gasteiger partial charge in [-0.15, -0.1) is 0 Å². The van der Waals surface area contributed by atoms with E-state index in [1.165, 1.54) is 0 Å². The molecular weight excluding hydrogens is 202 g/mol. The molecule has 0 aliphatic heterocycles. The Morgan fingerprint density at radius 1 is 1.25 bits per heavy atom. The van der Waals surface area contributed by atoms with Crippen LogP contribution >= 0.6 is 0 Å². The summed E-state index contributed by atoms with van der Waals surface area (Å²) in [6, 6.07) is 4.08. The Morgan fingerprint density at radius 3 is 2.88 bits per heavy atom. The van der Waals surface area contributed by atoms with Crippen molar-refractivity contribution in [3.05, 3.63) is 42.1 Å². The molecule has 3 rings (SSSR count). The van der Waals surface area contributed by atoms with Crippen molar-refractivity contribution in [2.24, 2.45) is 0 Å². The zero-order valence-electron chi connectivity index (χ0n) is 9.14. The van der Waals surface area contributed by atoms with Crippen LogP contribution < -0.4 is 0 Å². The number of aryl methyl sites for hydroxylation is 2. The average molecular weight is 213 g/mol. The first-order chi connectivity index (χ1) is 7.75. The molecule has 3 aromatic rings. The van der Waals surface area contributed by atoms with Crippen LogP contribution in [0.15, 0.2) is 35.4 Å². The van der Waals surface area contributed by atoms with E-state index in [-0.39, 0.29) is 0 Å². The highest BCUT2D eigenvalue weighted by Gasteiger charge is 2.09. The van der Waals surface area contributed by atoms with E-state index in [0.717, 1.165) is 27.9 Å². The van der Waals surface area contributed by atoms with Crippen LogP contribution in [0.25, 0.3) is 16.7 Å². The predicted octanol–water partition coefficient (Wildman–Crippen LogP) is 2.63. The predicted molar refractivity (Wildman–Crippen MR) is 60.6 cm³/mol. The normalized spacial score (nSPS) is 11.1. The van der Waals surface area contributed by atoms with E-state index in [1.54, 1.807) is 12.5 Å². The lowest BCUT2D eigenvalue weighted by Gasteiger charge is -2.03. The fourth-order valence-electron chi connectivity index (χ4n) is 1.83. The fraction of sp³-hybridized carbons (Fsp3) is 0.167. The van der Waals surface area contributed by atoms with Gasteiger partial charge in [-0.2, -0.15) is 0 Å². The van der Waals surface area contributed by atoms with Crippen LogP contribution in [0.3, 0.4) is 0 Å². The van der Waals surface area contributed by atoms with Gasteiger partial charge in [0.1, 0.15) is 0 Å². The van der Waals surface area contributed by atoms with E-state index < -0.39 is 0 Å². The third-order valence-electron chi connectivity index (χ3n) is 2.71. The zero-order chi connectivity index (χ0) is 11.1. The fourth-order valence-corrected chi connectivity index (χ4v) is 1.83. The molecule has 0 fully saturated rings. The molecule has 0 atom stereocenters. The molecule has 0 saturated heterocycles. The molecule has 4 heteroatoms. The van der Waals surface area contributed by atoms with Gasteiger partial charge in [0.15, 0.2) is 5.58 Å². The average Bonchev–Trinajstić information content (AvgIpc) is 2.87. The number of nitrogens with zero attached hydrogens (tertiary/aromatic N) is 3. The molecule has 4 nitrogen and oxygen atoms in total. The van der Waals surface area contributed by atoms with Gasteiger partial charge in [0.2, 0.25) is 0 Å². The van der Waals surface area contributed by atoms with E-state index in [2.05, 4.69) is 16.2 Å². The first kappa shape index (κ1) is 9.15. The van der Waals surface area contributed by atoms with Gasteiger partial charge in [-0.3, -0.25) is 0 Å². The second-order valence-electron chi connectivity index (χ2n) is 3.89. The monoisotopic (exact) mass is 213 g/mol. The molecule has 0 saturated carbocycles. The summed E-state index contributed by atoms with van der Waals surface area (Å²) in [7, 11) is 0. The van der Waals surface area contributed by atoms with E-state index in [9.17, 15) is 0 Å². The molecule has 16 heavy (non-hydrogen) atoms. The van der Waals surface area contributed by atoms with Crippen molar-refractivity contribution in [2.75, 3.05) is 0 Å². The molecule has 0 spiro atoms. The van der Waals surface area contributed by atoms with Crippen LogP contribution in [0.2, 0.25) is 0 Å². The second kappa shape index (κ2) is 3.20. The Kier molecular flexibility index (Phi) is 1.83. The van der Waals surface area contributed by atoms with Crippen LogP contribution in [0.4, 0.5) is 0 Å². The molecule has 0 amide bonds. The molecule has 0 N–H and O–H groups in total. The van der Waals surface area contributed by atoms with Gasteiger partial charge >= 0.3 is 0 Å². The Labute approximate surface area is 92.5 Å². The minimum Gasteiger partial charge on any atom is -0.354 e. The molecule has 1 aromatic carbocycles. The highest BCUT2D eigenvalue weighted by atomic mass is 16.5. The van der Waals surface area contributed by atoms with Crippen molar-refractivity contribution in [1.29, 1.82) is 0 Å². The summed E-state index contributed by atoms with van der Waals surface area (Å²) in [4.78, 5) is 4.21. The van der Waals surface area contributed by atoms with E-state index >= 15 is 0 Å². The maximum atomic E-state index is 5.29. The Balaban J connectivity index is 2.32. The zero-order valence-corrected chi connectivity index (χ0v) is 9.14. The summed E-state index contributed by atoms with van der Waals surface area (Å²) in [5, 5.41) is 4.89. The number of benzene rings is 1. The maximum absolute atomic E-state index is 5.29. The Bertz CT molecular complexity index is 651. The van der Waals surface area contributed by atoms with Gasteiger partial charge in [-0.25, -0.2) is 4.98 Å². The van der Waals surface area contributed by atoms with E-state index in [0.29, 0.717) is 0 Å². The van der Waals surface area contributed by atoms with E-state index in [1.807, 2.05) is 30.7 Å². The van der Waals surface area contributed by atoms with Gasteiger partial charge in [-0.05, 0) is 25.5 Å².